The van der Waals surface area contributed by atoms with Crippen LogP contribution in [0.1, 0.15) is 48.5 Å². The van der Waals surface area contributed by atoms with E-state index in [1.165, 1.54) is 12.1 Å². The van der Waals surface area contributed by atoms with E-state index in [-0.39, 0.29) is 22.8 Å². The van der Waals surface area contributed by atoms with Crippen molar-refractivity contribution in [3.8, 4) is 17.2 Å². The summed E-state index contributed by atoms with van der Waals surface area (Å²) in [5, 5.41) is 0.111. The summed E-state index contributed by atoms with van der Waals surface area (Å²) in [6.45, 7) is 8.44. The Morgan fingerprint density at radius 1 is 0.791 bits per heavy atom. The summed E-state index contributed by atoms with van der Waals surface area (Å²) in [4.78, 5) is 72.8. The van der Waals surface area contributed by atoms with Crippen LogP contribution >= 0.6 is 0 Å². The minimum atomic E-state index is -1.72. The molecule has 1 aliphatic rings. The summed E-state index contributed by atoms with van der Waals surface area (Å²) < 4.78 is 49.4. The maximum absolute atomic E-state index is 13.0. The Balaban J connectivity index is 2.21. The van der Waals surface area contributed by atoms with E-state index in [0.29, 0.717) is 5.75 Å². The number of fused-ring (bicyclic) bond motifs is 1. The fraction of sp³-hybridized carbons (Fsp3) is 0.500. The van der Waals surface area contributed by atoms with Crippen LogP contribution in [0.5, 0.6) is 17.2 Å². The van der Waals surface area contributed by atoms with Crippen molar-refractivity contribution in [2.24, 2.45) is 0 Å². The molecular weight excluding hydrogens is 576 g/mol. The number of carbonyl (C=O) groups excluding carboxylic acids is 5. The highest BCUT2D eigenvalue weighted by Crippen LogP contribution is 2.38. The molecule has 1 aromatic heterocycles. The first kappa shape index (κ1) is 32.8. The highest BCUT2D eigenvalue weighted by molar-refractivity contribution is 5.87. The van der Waals surface area contributed by atoms with E-state index in [9.17, 15) is 28.8 Å². The SMILES string of the molecule is CC(=O)OC[C@H]1O[C@@H](Oc2c(OC(C)=O)c(=O)oc3cc(OC(C)C)ccc23)[C@H](OC(C)=O)[C@@H](OC(C)=O)[C@@H]1OC(C)=O. The Labute approximate surface area is 245 Å². The van der Waals surface area contributed by atoms with Gasteiger partial charge in [-0.2, -0.15) is 0 Å². The Morgan fingerprint density at radius 3 is 1.95 bits per heavy atom. The third-order valence-electron chi connectivity index (χ3n) is 5.59. The first-order valence-electron chi connectivity index (χ1n) is 13.1. The van der Waals surface area contributed by atoms with Crippen molar-refractivity contribution >= 4 is 40.8 Å². The third kappa shape index (κ3) is 8.67. The molecule has 0 bridgehead atoms. The van der Waals surface area contributed by atoms with E-state index in [1.54, 1.807) is 19.9 Å². The number of carbonyl (C=O) groups is 5. The lowest BCUT2D eigenvalue weighted by Gasteiger charge is -2.44. The molecule has 1 fully saturated rings. The molecule has 2 heterocycles. The molecule has 2 aromatic rings. The molecule has 3 rings (SSSR count). The molecule has 15 heteroatoms. The largest absolute Gasteiger partial charge is 0.491 e. The fourth-order valence-corrected chi connectivity index (χ4v) is 4.23. The van der Waals surface area contributed by atoms with Crippen molar-refractivity contribution in [1.82, 2.24) is 0 Å². The molecule has 0 spiro atoms. The highest BCUT2D eigenvalue weighted by Gasteiger charge is 2.53. The van der Waals surface area contributed by atoms with E-state index in [0.717, 1.165) is 34.6 Å². The molecule has 5 atom stereocenters. The highest BCUT2D eigenvalue weighted by atomic mass is 16.7. The van der Waals surface area contributed by atoms with Crippen LogP contribution < -0.4 is 19.8 Å². The van der Waals surface area contributed by atoms with Gasteiger partial charge in [0.25, 0.3) is 5.75 Å². The van der Waals surface area contributed by atoms with Crippen molar-refractivity contribution in [3.05, 3.63) is 28.6 Å². The molecule has 15 nitrogen and oxygen atoms in total. The quantitative estimate of drug-likeness (QED) is 0.216. The minimum absolute atomic E-state index is 0.0281. The first-order valence-corrected chi connectivity index (χ1v) is 13.1. The van der Waals surface area contributed by atoms with Gasteiger partial charge in [0.1, 0.15) is 24.0 Å². The Kier molecular flexibility index (Phi) is 10.7. The monoisotopic (exact) mass is 608 g/mol. The predicted molar refractivity (Wildman–Crippen MR) is 142 cm³/mol. The second kappa shape index (κ2) is 14.0. The smallest absolute Gasteiger partial charge is 0.383 e. The zero-order valence-electron chi connectivity index (χ0n) is 24.5. The van der Waals surface area contributed by atoms with Crippen molar-refractivity contribution in [1.29, 1.82) is 0 Å². The lowest BCUT2D eigenvalue weighted by Crippen LogP contribution is -2.63. The number of esters is 5. The summed E-state index contributed by atoms with van der Waals surface area (Å²) >= 11 is 0. The maximum atomic E-state index is 13.0. The van der Waals surface area contributed by atoms with Gasteiger partial charge in [0.05, 0.1) is 11.5 Å². The summed E-state index contributed by atoms with van der Waals surface area (Å²) in [6.07, 6.45) is -7.85. The molecule has 1 saturated heterocycles. The standard InChI is InChI=1S/C28H32O15/c1-12(2)36-18-8-9-19-20(10-18)41-27(34)25(39-16(6)32)22(19)43-28-26(40-17(7)33)24(38-15(5)31)23(37-14(4)30)21(42-28)11-35-13(3)29/h8-10,12,21,23-24,26,28H,11H2,1-7H3/t21-,23-,24+,26-,28+/m1/s1. The molecular formula is C28H32O15. The van der Waals surface area contributed by atoms with Gasteiger partial charge in [-0.25, -0.2) is 4.79 Å². The minimum Gasteiger partial charge on any atom is -0.491 e. The van der Waals surface area contributed by atoms with E-state index < -0.39 is 78.5 Å². The van der Waals surface area contributed by atoms with Gasteiger partial charge in [-0.15, -0.1) is 0 Å². The van der Waals surface area contributed by atoms with Crippen LogP contribution in [0.4, 0.5) is 0 Å². The third-order valence-corrected chi connectivity index (χ3v) is 5.59. The molecule has 1 aliphatic heterocycles. The maximum Gasteiger partial charge on any atom is 0.383 e. The van der Waals surface area contributed by atoms with Gasteiger partial charge in [0.2, 0.25) is 12.4 Å². The number of rotatable bonds is 10. The second-order valence-electron chi connectivity index (χ2n) is 9.65. The molecule has 234 valence electrons. The van der Waals surface area contributed by atoms with Gasteiger partial charge in [0, 0.05) is 40.7 Å². The molecule has 0 unspecified atom stereocenters. The topological polar surface area (TPSA) is 189 Å². The molecule has 0 radical (unpaired) electrons. The molecule has 1 aromatic carbocycles. The van der Waals surface area contributed by atoms with Gasteiger partial charge in [-0.05, 0) is 26.0 Å². The number of benzene rings is 1. The summed E-state index contributed by atoms with van der Waals surface area (Å²) in [5.74, 6) is -4.81. The summed E-state index contributed by atoms with van der Waals surface area (Å²) in [5.41, 5.74) is -1.13. The fourth-order valence-electron chi connectivity index (χ4n) is 4.23. The van der Waals surface area contributed by atoms with E-state index >= 15 is 0 Å². The summed E-state index contributed by atoms with van der Waals surface area (Å²) in [6, 6.07) is 4.41. The van der Waals surface area contributed by atoms with Crippen molar-refractivity contribution in [3.63, 3.8) is 0 Å². The Morgan fingerprint density at radius 2 is 1.40 bits per heavy atom. The van der Waals surface area contributed by atoms with Gasteiger partial charge < -0.3 is 42.3 Å². The van der Waals surface area contributed by atoms with Crippen LogP contribution in [0, 0.1) is 0 Å². The number of ether oxygens (including phenoxy) is 8. The molecule has 0 aliphatic carbocycles. The van der Waals surface area contributed by atoms with Gasteiger partial charge in [0.15, 0.2) is 18.0 Å². The zero-order chi connectivity index (χ0) is 32.0. The lowest BCUT2D eigenvalue weighted by molar-refractivity contribution is -0.288. The van der Waals surface area contributed by atoms with Crippen LogP contribution in [0.15, 0.2) is 27.4 Å². The normalized spacial score (nSPS) is 21.4. The van der Waals surface area contributed by atoms with Crippen LogP contribution in [0.3, 0.4) is 0 Å². The molecule has 0 saturated carbocycles. The Hall–Kier alpha value is -4.66. The van der Waals surface area contributed by atoms with E-state index in [4.69, 9.17) is 42.3 Å². The van der Waals surface area contributed by atoms with Crippen LogP contribution in [-0.2, 0) is 47.7 Å². The second-order valence-corrected chi connectivity index (χ2v) is 9.65. The van der Waals surface area contributed by atoms with Crippen LogP contribution in [-0.4, -0.2) is 73.3 Å². The van der Waals surface area contributed by atoms with Crippen LogP contribution in [0.25, 0.3) is 11.0 Å². The molecule has 43 heavy (non-hydrogen) atoms. The summed E-state index contributed by atoms with van der Waals surface area (Å²) in [7, 11) is 0. The molecule has 0 amide bonds. The van der Waals surface area contributed by atoms with Crippen molar-refractivity contribution in [2.45, 2.75) is 85.3 Å². The predicted octanol–water partition coefficient (Wildman–Crippen LogP) is 1.97. The number of hydrogen-bond donors (Lipinski definition) is 0. The van der Waals surface area contributed by atoms with Gasteiger partial charge >= 0.3 is 35.5 Å². The average molecular weight is 609 g/mol. The van der Waals surface area contributed by atoms with Crippen molar-refractivity contribution < 1.29 is 66.3 Å². The Bertz CT molecular complexity index is 1440. The number of hydrogen-bond acceptors (Lipinski definition) is 15. The zero-order valence-corrected chi connectivity index (χ0v) is 24.5. The first-order chi connectivity index (χ1) is 20.2. The van der Waals surface area contributed by atoms with Gasteiger partial charge in [-0.3, -0.25) is 24.0 Å². The van der Waals surface area contributed by atoms with E-state index in [1.807, 2.05) is 0 Å². The molecule has 0 N–H and O–H groups in total. The van der Waals surface area contributed by atoms with E-state index in [2.05, 4.69) is 0 Å². The van der Waals surface area contributed by atoms with Crippen LogP contribution in [0.2, 0.25) is 0 Å². The van der Waals surface area contributed by atoms with Gasteiger partial charge in [-0.1, -0.05) is 0 Å². The average Bonchev–Trinajstić information content (AvgIpc) is 2.86. The van der Waals surface area contributed by atoms with Crippen molar-refractivity contribution in [2.75, 3.05) is 6.61 Å². The lowest BCUT2D eigenvalue weighted by atomic mass is 9.98.